The van der Waals surface area contributed by atoms with Gasteiger partial charge in [0.25, 0.3) is 0 Å². The predicted molar refractivity (Wildman–Crippen MR) is 70.7 cm³/mol. The van der Waals surface area contributed by atoms with Crippen LogP contribution in [0, 0.1) is 0 Å². The van der Waals surface area contributed by atoms with Crippen molar-refractivity contribution < 1.29 is 4.79 Å². The molecule has 0 aliphatic heterocycles. The Bertz CT molecular complexity index is 441. The molecular formula is C13H15Cl2NO. The average molecular weight is 272 g/mol. The lowest BCUT2D eigenvalue weighted by Crippen LogP contribution is -2.49. The van der Waals surface area contributed by atoms with Crippen molar-refractivity contribution in [2.75, 3.05) is 6.54 Å². The summed E-state index contributed by atoms with van der Waals surface area (Å²) >= 11 is 12.1. The first-order valence-electron chi connectivity index (χ1n) is 5.84. The predicted octanol–water partition coefficient (Wildman–Crippen LogP) is 3.55. The monoisotopic (exact) mass is 271 g/mol. The van der Waals surface area contributed by atoms with E-state index in [1.807, 2.05) is 13.0 Å². The van der Waals surface area contributed by atoms with Crippen LogP contribution in [-0.2, 0) is 10.2 Å². The topological polar surface area (TPSA) is 29.1 Å². The Morgan fingerprint density at radius 2 is 2.12 bits per heavy atom. The van der Waals surface area contributed by atoms with Gasteiger partial charge >= 0.3 is 0 Å². The Kier molecular flexibility index (Phi) is 3.64. The summed E-state index contributed by atoms with van der Waals surface area (Å²) in [7, 11) is 0. The van der Waals surface area contributed by atoms with Crippen LogP contribution in [0.25, 0.3) is 0 Å². The molecule has 92 valence electrons. The van der Waals surface area contributed by atoms with Gasteiger partial charge in [0.15, 0.2) is 0 Å². The average Bonchev–Trinajstić information content (AvgIpc) is 2.20. The Morgan fingerprint density at radius 1 is 1.41 bits per heavy atom. The highest BCUT2D eigenvalue weighted by molar-refractivity contribution is 6.35. The first-order chi connectivity index (χ1) is 8.10. The molecule has 1 aliphatic rings. The quantitative estimate of drug-likeness (QED) is 0.895. The molecule has 0 saturated heterocycles. The van der Waals surface area contributed by atoms with Gasteiger partial charge in [0, 0.05) is 16.6 Å². The minimum atomic E-state index is -0.433. The van der Waals surface area contributed by atoms with Gasteiger partial charge < -0.3 is 5.32 Å². The zero-order chi connectivity index (χ0) is 12.5. The minimum Gasteiger partial charge on any atom is -0.356 e. The summed E-state index contributed by atoms with van der Waals surface area (Å²) in [5.74, 6) is 0.0791. The molecule has 0 radical (unpaired) electrons. The number of amides is 1. The van der Waals surface area contributed by atoms with Crippen molar-refractivity contribution in [3.63, 3.8) is 0 Å². The maximum absolute atomic E-state index is 12.2. The molecule has 1 fully saturated rings. The van der Waals surface area contributed by atoms with Gasteiger partial charge in [-0.3, -0.25) is 4.79 Å². The summed E-state index contributed by atoms with van der Waals surface area (Å²) in [6, 6.07) is 5.37. The van der Waals surface area contributed by atoms with Crippen LogP contribution in [0.4, 0.5) is 0 Å². The van der Waals surface area contributed by atoms with Crippen molar-refractivity contribution in [1.29, 1.82) is 0 Å². The van der Waals surface area contributed by atoms with E-state index in [1.165, 1.54) is 0 Å². The first-order valence-corrected chi connectivity index (χ1v) is 6.59. The fourth-order valence-corrected chi connectivity index (χ4v) is 2.95. The Labute approximate surface area is 111 Å². The van der Waals surface area contributed by atoms with E-state index in [-0.39, 0.29) is 5.91 Å². The fourth-order valence-electron chi connectivity index (χ4n) is 2.36. The third-order valence-electron chi connectivity index (χ3n) is 3.43. The Morgan fingerprint density at radius 3 is 2.59 bits per heavy atom. The summed E-state index contributed by atoms with van der Waals surface area (Å²) < 4.78 is 0. The number of carbonyl (C=O) groups excluding carboxylic acids is 1. The lowest BCUT2D eigenvalue weighted by atomic mass is 9.63. The van der Waals surface area contributed by atoms with E-state index in [9.17, 15) is 4.79 Å². The van der Waals surface area contributed by atoms with E-state index in [4.69, 9.17) is 23.2 Å². The van der Waals surface area contributed by atoms with Gasteiger partial charge in [-0.15, -0.1) is 0 Å². The van der Waals surface area contributed by atoms with E-state index >= 15 is 0 Å². The summed E-state index contributed by atoms with van der Waals surface area (Å²) in [6.45, 7) is 2.57. The number of nitrogens with one attached hydrogen (secondary N) is 1. The van der Waals surface area contributed by atoms with Crippen molar-refractivity contribution >= 4 is 29.1 Å². The normalized spacial score (nSPS) is 17.4. The second-order valence-electron chi connectivity index (χ2n) is 4.42. The molecular weight excluding hydrogens is 257 g/mol. The van der Waals surface area contributed by atoms with Gasteiger partial charge in [-0.05, 0) is 37.5 Å². The van der Waals surface area contributed by atoms with Gasteiger partial charge in [-0.2, -0.15) is 0 Å². The smallest absolute Gasteiger partial charge is 0.230 e. The number of hydrogen-bond acceptors (Lipinski definition) is 1. The van der Waals surface area contributed by atoms with Crippen molar-refractivity contribution in [3.05, 3.63) is 33.8 Å². The van der Waals surface area contributed by atoms with Crippen LogP contribution in [0.1, 0.15) is 31.7 Å². The van der Waals surface area contributed by atoms with Gasteiger partial charge in [0.1, 0.15) is 0 Å². The van der Waals surface area contributed by atoms with Crippen LogP contribution < -0.4 is 5.32 Å². The number of hydrogen-bond donors (Lipinski definition) is 1. The molecule has 0 aromatic heterocycles. The molecule has 1 amide bonds. The van der Waals surface area contributed by atoms with Gasteiger partial charge in [-0.1, -0.05) is 35.7 Å². The number of carbonyl (C=O) groups is 1. The highest BCUT2D eigenvalue weighted by Gasteiger charge is 2.46. The second kappa shape index (κ2) is 4.87. The summed E-state index contributed by atoms with van der Waals surface area (Å²) in [4.78, 5) is 12.2. The standard InChI is InChI=1S/C13H15Cl2NO/c1-2-16-12(17)13(6-3-7-13)10-5-4-9(14)8-11(10)15/h4-5,8H,2-3,6-7H2,1H3,(H,16,17). The maximum Gasteiger partial charge on any atom is 0.230 e. The first kappa shape index (κ1) is 12.7. The van der Waals surface area contributed by atoms with Crippen molar-refractivity contribution in [2.24, 2.45) is 0 Å². The van der Waals surface area contributed by atoms with Gasteiger partial charge in [0.2, 0.25) is 5.91 Å². The van der Waals surface area contributed by atoms with E-state index in [0.29, 0.717) is 16.6 Å². The van der Waals surface area contributed by atoms with Crippen LogP contribution in [0.5, 0.6) is 0 Å². The molecule has 1 aliphatic carbocycles. The van der Waals surface area contributed by atoms with Crippen molar-refractivity contribution in [2.45, 2.75) is 31.6 Å². The minimum absolute atomic E-state index is 0.0791. The highest BCUT2D eigenvalue weighted by atomic mass is 35.5. The summed E-state index contributed by atoms with van der Waals surface area (Å²) in [5.41, 5.74) is 0.471. The third kappa shape index (κ3) is 2.16. The number of likely N-dealkylation sites (N-methyl/N-ethyl adjacent to an activating group) is 1. The highest BCUT2D eigenvalue weighted by Crippen LogP contribution is 2.46. The molecule has 1 saturated carbocycles. The van der Waals surface area contributed by atoms with E-state index in [1.54, 1.807) is 12.1 Å². The zero-order valence-electron chi connectivity index (χ0n) is 9.72. The van der Waals surface area contributed by atoms with E-state index in [2.05, 4.69) is 5.32 Å². The number of halogens is 2. The molecule has 1 N–H and O–H groups in total. The Balaban J connectivity index is 2.38. The molecule has 2 nitrogen and oxygen atoms in total. The molecule has 17 heavy (non-hydrogen) atoms. The van der Waals surface area contributed by atoms with Gasteiger partial charge in [0.05, 0.1) is 5.41 Å². The fraction of sp³-hybridized carbons (Fsp3) is 0.462. The van der Waals surface area contributed by atoms with Crippen LogP contribution in [-0.4, -0.2) is 12.5 Å². The number of rotatable bonds is 3. The molecule has 1 aromatic carbocycles. The van der Waals surface area contributed by atoms with Crippen LogP contribution in [0.2, 0.25) is 10.0 Å². The van der Waals surface area contributed by atoms with Crippen LogP contribution in [0.15, 0.2) is 18.2 Å². The summed E-state index contributed by atoms with van der Waals surface area (Å²) in [6.07, 6.45) is 2.79. The van der Waals surface area contributed by atoms with Crippen molar-refractivity contribution in [3.8, 4) is 0 Å². The maximum atomic E-state index is 12.2. The number of benzene rings is 1. The van der Waals surface area contributed by atoms with Gasteiger partial charge in [-0.25, -0.2) is 0 Å². The molecule has 0 bridgehead atoms. The van der Waals surface area contributed by atoms with E-state index in [0.717, 1.165) is 24.8 Å². The Hall–Kier alpha value is -0.730. The molecule has 0 atom stereocenters. The van der Waals surface area contributed by atoms with Crippen LogP contribution in [0.3, 0.4) is 0 Å². The SMILES string of the molecule is CCNC(=O)C1(c2ccc(Cl)cc2Cl)CCC1. The van der Waals surface area contributed by atoms with Crippen molar-refractivity contribution in [1.82, 2.24) is 5.32 Å². The third-order valence-corrected chi connectivity index (χ3v) is 3.97. The second-order valence-corrected chi connectivity index (χ2v) is 5.26. The lowest BCUT2D eigenvalue weighted by molar-refractivity contribution is -0.129. The molecule has 0 heterocycles. The zero-order valence-corrected chi connectivity index (χ0v) is 11.2. The van der Waals surface area contributed by atoms with E-state index < -0.39 is 5.41 Å². The van der Waals surface area contributed by atoms with Crippen LogP contribution >= 0.6 is 23.2 Å². The summed E-state index contributed by atoms with van der Waals surface area (Å²) in [5, 5.41) is 4.09. The molecule has 0 spiro atoms. The molecule has 0 unspecified atom stereocenters. The molecule has 1 aromatic rings. The largest absolute Gasteiger partial charge is 0.356 e. The molecule has 4 heteroatoms. The molecule has 2 rings (SSSR count). The lowest BCUT2D eigenvalue weighted by Gasteiger charge is -2.41.